The number of ether oxygens (including phenoxy) is 1. The molecule has 0 N–H and O–H groups in total. The smallest absolute Gasteiger partial charge is 0.195 e. The van der Waals surface area contributed by atoms with Crippen molar-refractivity contribution < 1.29 is 13.9 Å². The van der Waals surface area contributed by atoms with Gasteiger partial charge in [0.25, 0.3) is 0 Å². The molecule has 0 saturated heterocycles. The number of benzene rings is 2. The van der Waals surface area contributed by atoms with Crippen molar-refractivity contribution in [2.75, 3.05) is 7.11 Å². The third kappa shape index (κ3) is 2.59. The Kier molecular flexibility index (Phi) is 4.05. The van der Waals surface area contributed by atoms with Gasteiger partial charge in [-0.15, -0.1) is 11.3 Å². The first-order chi connectivity index (χ1) is 12.6. The summed E-state index contributed by atoms with van der Waals surface area (Å²) in [6, 6.07) is 13.7. The molecule has 4 rings (SSSR count). The van der Waals surface area contributed by atoms with Crippen molar-refractivity contribution in [1.29, 1.82) is 0 Å². The predicted molar refractivity (Wildman–Crippen MR) is 101 cm³/mol. The summed E-state index contributed by atoms with van der Waals surface area (Å²) >= 11 is 1.50. The highest BCUT2D eigenvalue weighted by atomic mass is 32.1. The average Bonchev–Trinajstić information content (AvgIpc) is 3.17. The van der Waals surface area contributed by atoms with Crippen LogP contribution in [-0.2, 0) is 0 Å². The Morgan fingerprint density at radius 3 is 2.62 bits per heavy atom. The second-order valence-electron chi connectivity index (χ2n) is 5.83. The number of imidazole rings is 1. The van der Waals surface area contributed by atoms with Crippen LogP contribution in [0.25, 0.3) is 27.5 Å². The minimum absolute atomic E-state index is 0.295. The first-order valence-corrected chi connectivity index (χ1v) is 8.81. The van der Waals surface area contributed by atoms with Crippen molar-refractivity contribution in [3.63, 3.8) is 0 Å². The summed E-state index contributed by atoms with van der Waals surface area (Å²) < 4.78 is 20.4. The van der Waals surface area contributed by atoms with Crippen LogP contribution >= 0.6 is 11.3 Å². The van der Waals surface area contributed by atoms with Gasteiger partial charge in [-0.05, 0) is 48.9 Å². The molecule has 26 heavy (non-hydrogen) atoms. The Balaban J connectivity index is 1.98. The predicted octanol–water partition coefficient (Wildman–Crippen LogP) is 5.00. The van der Waals surface area contributed by atoms with E-state index in [1.54, 1.807) is 19.2 Å². The molecule has 0 aliphatic carbocycles. The van der Waals surface area contributed by atoms with Gasteiger partial charge < -0.3 is 4.74 Å². The van der Waals surface area contributed by atoms with Gasteiger partial charge in [0.05, 0.1) is 12.8 Å². The van der Waals surface area contributed by atoms with E-state index >= 15 is 0 Å². The van der Waals surface area contributed by atoms with Crippen molar-refractivity contribution in [3.05, 3.63) is 64.9 Å². The Labute approximate surface area is 153 Å². The van der Waals surface area contributed by atoms with Crippen molar-refractivity contribution in [2.45, 2.75) is 6.92 Å². The Morgan fingerprint density at radius 1 is 1.15 bits per heavy atom. The summed E-state index contributed by atoms with van der Waals surface area (Å²) in [6.45, 7) is 1.97. The molecule has 2 aromatic heterocycles. The Hall–Kier alpha value is -2.99. The number of nitrogens with zero attached hydrogens (tertiary/aromatic N) is 2. The lowest BCUT2D eigenvalue weighted by atomic mass is 10.1. The maximum atomic E-state index is 13.3. The molecule has 0 bridgehead atoms. The highest BCUT2D eigenvalue weighted by Gasteiger charge is 2.21. The first-order valence-electron chi connectivity index (χ1n) is 7.99. The summed E-state index contributed by atoms with van der Waals surface area (Å²) in [5, 5.41) is 0. The third-order valence-corrected chi connectivity index (χ3v) is 5.21. The van der Waals surface area contributed by atoms with Crippen molar-refractivity contribution >= 4 is 22.6 Å². The molecule has 4 aromatic rings. The zero-order valence-corrected chi connectivity index (χ0v) is 15.0. The number of halogens is 1. The molecule has 4 nitrogen and oxygen atoms in total. The molecule has 0 spiro atoms. The molecule has 0 unspecified atom stereocenters. The van der Waals surface area contributed by atoms with Gasteiger partial charge in [-0.3, -0.25) is 9.20 Å². The van der Waals surface area contributed by atoms with Gasteiger partial charge in [0.1, 0.15) is 23.0 Å². The van der Waals surface area contributed by atoms with Crippen LogP contribution in [0.3, 0.4) is 0 Å². The molecule has 2 heterocycles. The van der Waals surface area contributed by atoms with Gasteiger partial charge in [0.15, 0.2) is 11.2 Å². The van der Waals surface area contributed by atoms with Crippen molar-refractivity contribution in [1.82, 2.24) is 9.38 Å². The minimum Gasteiger partial charge on any atom is -0.497 e. The zero-order valence-electron chi connectivity index (χ0n) is 14.2. The number of aryl methyl sites for hydroxylation is 1. The standard InChI is InChI=1S/C20H15FN2O2S/c1-12-19(13-6-8-15(21)9-7-13)23-17(11-24)18(22-20(23)26-12)14-4-3-5-16(10-14)25-2/h3-11H,1-2H3. The third-order valence-electron chi connectivity index (χ3n) is 4.26. The van der Waals surface area contributed by atoms with Crippen LogP contribution in [0.4, 0.5) is 4.39 Å². The van der Waals surface area contributed by atoms with Crippen LogP contribution < -0.4 is 4.74 Å². The van der Waals surface area contributed by atoms with Gasteiger partial charge in [-0.25, -0.2) is 9.37 Å². The highest BCUT2D eigenvalue weighted by molar-refractivity contribution is 7.17. The summed E-state index contributed by atoms with van der Waals surface area (Å²) in [7, 11) is 1.60. The summed E-state index contributed by atoms with van der Waals surface area (Å²) in [5.74, 6) is 0.404. The lowest BCUT2D eigenvalue weighted by Gasteiger charge is -2.05. The van der Waals surface area contributed by atoms with Crippen molar-refractivity contribution in [3.8, 4) is 28.3 Å². The summed E-state index contributed by atoms with van der Waals surface area (Å²) in [5.41, 5.74) is 3.58. The average molecular weight is 366 g/mol. The largest absolute Gasteiger partial charge is 0.497 e. The fraction of sp³-hybridized carbons (Fsp3) is 0.100. The number of hydrogen-bond donors (Lipinski definition) is 0. The summed E-state index contributed by atoms with van der Waals surface area (Å²) in [4.78, 5) is 18.3. The fourth-order valence-corrected chi connectivity index (χ4v) is 4.07. The molecule has 0 aliphatic rings. The molecule has 0 amide bonds. The molecule has 2 aromatic carbocycles. The lowest BCUT2D eigenvalue weighted by Crippen LogP contribution is -1.95. The first kappa shape index (κ1) is 16.5. The molecule has 0 atom stereocenters. The van der Waals surface area contributed by atoms with E-state index in [-0.39, 0.29) is 5.82 Å². The second kappa shape index (κ2) is 6.38. The minimum atomic E-state index is -0.295. The number of carbonyl (C=O) groups excluding carboxylic acids is 1. The van der Waals surface area contributed by atoms with E-state index in [4.69, 9.17) is 4.74 Å². The topological polar surface area (TPSA) is 43.6 Å². The number of rotatable bonds is 4. The molecule has 130 valence electrons. The van der Waals surface area contributed by atoms with Crippen LogP contribution in [0.15, 0.2) is 48.5 Å². The number of thiazole rings is 1. The molecule has 0 radical (unpaired) electrons. The molecular formula is C20H15FN2O2S. The summed E-state index contributed by atoms with van der Waals surface area (Å²) in [6.07, 6.45) is 0.813. The number of methoxy groups -OCH3 is 1. The maximum Gasteiger partial charge on any atom is 0.195 e. The number of aldehydes is 1. The Bertz CT molecular complexity index is 1110. The molecule has 6 heteroatoms. The Morgan fingerprint density at radius 2 is 1.92 bits per heavy atom. The molecule has 0 aliphatic heterocycles. The highest BCUT2D eigenvalue weighted by Crippen LogP contribution is 2.36. The van der Waals surface area contributed by atoms with E-state index < -0.39 is 0 Å². The van der Waals surface area contributed by atoms with E-state index in [1.807, 2.05) is 35.6 Å². The number of hydrogen-bond acceptors (Lipinski definition) is 4. The van der Waals surface area contributed by atoms with E-state index in [2.05, 4.69) is 4.98 Å². The van der Waals surface area contributed by atoms with Gasteiger partial charge in [-0.1, -0.05) is 12.1 Å². The second-order valence-corrected chi connectivity index (χ2v) is 7.01. The van der Waals surface area contributed by atoms with Crippen LogP contribution in [0, 0.1) is 12.7 Å². The van der Waals surface area contributed by atoms with E-state index in [9.17, 15) is 9.18 Å². The van der Waals surface area contributed by atoms with Crippen molar-refractivity contribution in [2.24, 2.45) is 0 Å². The van der Waals surface area contributed by atoms with E-state index in [0.717, 1.165) is 32.9 Å². The quantitative estimate of drug-likeness (QED) is 0.478. The van der Waals surface area contributed by atoms with E-state index in [0.29, 0.717) is 17.1 Å². The fourth-order valence-electron chi connectivity index (χ4n) is 3.07. The number of carbonyl (C=O) groups is 1. The zero-order chi connectivity index (χ0) is 18.3. The van der Waals surface area contributed by atoms with Crippen LogP contribution in [-0.4, -0.2) is 22.8 Å². The van der Waals surface area contributed by atoms with Crippen LogP contribution in [0.1, 0.15) is 15.4 Å². The molecule has 0 saturated carbocycles. The SMILES string of the molecule is COc1cccc(-c2nc3sc(C)c(-c4ccc(F)cc4)n3c2C=O)c1. The van der Waals surface area contributed by atoms with Gasteiger partial charge in [-0.2, -0.15) is 0 Å². The van der Waals surface area contributed by atoms with Crippen LogP contribution in [0.5, 0.6) is 5.75 Å². The molecular weight excluding hydrogens is 351 g/mol. The van der Waals surface area contributed by atoms with Crippen LogP contribution in [0.2, 0.25) is 0 Å². The normalized spacial score (nSPS) is 11.0. The monoisotopic (exact) mass is 366 g/mol. The number of fused-ring (bicyclic) bond motifs is 1. The van der Waals surface area contributed by atoms with Gasteiger partial charge in [0, 0.05) is 10.4 Å². The lowest BCUT2D eigenvalue weighted by molar-refractivity contribution is 0.111. The van der Waals surface area contributed by atoms with E-state index in [1.165, 1.54) is 23.5 Å². The maximum absolute atomic E-state index is 13.3. The van der Waals surface area contributed by atoms with Gasteiger partial charge in [0.2, 0.25) is 0 Å². The molecule has 0 fully saturated rings. The number of aromatic nitrogens is 2. The van der Waals surface area contributed by atoms with Gasteiger partial charge >= 0.3 is 0 Å².